The predicted molar refractivity (Wildman–Crippen MR) is 125 cm³/mol. The van der Waals surface area contributed by atoms with Crippen molar-refractivity contribution < 1.29 is 13.2 Å². The first kappa shape index (κ1) is 23.6. The Hall–Kier alpha value is -2.09. The smallest absolute Gasteiger partial charge is 0.262 e. The first-order valence-corrected chi connectivity index (χ1v) is 12.5. The Morgan fingerprint density at radius 2 is 1.84 bits per heavy atom. The third-order valence-electron chi connectivity index (χ3n) is 5.52. The van der Waals surface area contributed by atoms with Crippen LogP contribution < -0.4 is 4.72 Å². The van der Waals surface area contributed by atoms with Gasteiger partial charge in [0.05, 0.1) is 4.90 Å². The molecule has 3 rings (SSSR count). The molecule has 1 aliphatic rings. The number of sulfonamides is 1. The molecule has 8 heteroatoms. The third kappa shape index (κ3) is 5.79. The molecule has 1 aliphatic heterocycles. The highest BCUT2D eigenvalue weighted by Crippen LogP contribution is 2.26. The van der Waals surface area contributed by atoms with Gasteiger partial charge in [-0.3, -0.25) is 9.52 Å². The van der Waals surface area contributed by atoms with E-state index in [0.29, 0.717) is 40.5 Å². The van der Waals surface area contributed by atoms with E-state index in [-0.39, 0.29) is 10.8 Å². The van der Waals surface area contributed by atoms with Gasteiger partial charge in [0.2, 0.25) is 0 Å². The van der Waals surface area contributed by atoms with Crippen LogP contribution in [0.1, 0.15) is 41.3 Å². The van der Waals surface area contributed by atoms with E-state index in [2.05, 4.69) is 16.5 Å². The number of carbonyl (C=O) groups is 1. The van der Waals surface area contributed by atoms with Crippen LogP contribution in [0.2, 0.25) is 5.02 Å². The molecule has 1 saturated heterocycles. The lowest BCUT2D eigenvalue weighted by Gasteiger charge is -2.22. The summed E-state index contributed by atoms with van der Waals surface area (Å²) in [5, 5.41) is 0.527. The molecule has 1 fully saturated rings. The van der Waals surface area contributed by atoms with Crippen molar-refractivity contribution in [3.05, 3.63) is 58.1 Å². The van der Waals surface area contributed by atoms with Crippen molar-refractivity contribution in [2.45, 2.75) is 38.5 Å². The van der Waals surface area contributed by atoms with E-state index in [0.717, 1.165) is 32.5 Å². The van der Waals surface area contributed by atoms with Crippen LogP contribution in [0.5, 0.6) is 0 Å². The Morgan fingerprint density at radius 1 is 1.06 bits per heavy atom. The van der Waals surface area contributed by atoms with Crippen LogP contribution in [-0.2, 0) is 10.0 Å². The van der Waals surface area contributed by atoms with E-state index in [4.69, 9.17) is 11.6 Å². The highest BCUT2D eigenvalue weighted by molar-refractivity contribution is 7.92. The summed E-state index contributed by atoms with van der Waals surface area (Å²) in [6.45, 7) is 9.93. The molecule has 0 unspecified atom stereocenters. The Kier molecular flexibility index (Phi) is 7.62. The fraction of sp³-hybridized carbons (Fsp3) is 0.435. The lowest BCUT2D eigenvalue weighted by Crippen LogP contribution is -2.35. The van der Waals surface area contributed by atoms with Gasteiger partial charge in [-0.2, -0.15) is 0 Å². The number of benzene rings is 2. The first-order valence-electron chi connectivity index (χ1n) is 10.6. The second kappa shape index (κ2) is 10.0. The number of hydrogen-bond acceptors (Lipinski definition) is 4. The van der Waals surface area contributed by atoms with Crippen molar-refractivity contribution in [1.29, 1.82) is 0 Å². The summed E-state index contributed by atoms with van der Waals surface area (Å²) < 4.78 is 28.5. The maximum Gasteiger partial charge on any atom is 0.262 e. The zero-order valence-corrected chi connectivity index (χ0v) is 19.9. The van der Waals surface area contributed by atoms with Gasteiger partial charge in [-0.1, -0.05) is 24.6 Å². The summed E-state index contributed by atoms with van der Waals surface area (Å²) in [5.74, 6) is -0.0714. The molecule has 0 aromatic heterocycles. The number of halogens is 1. The van der Waals surface area contributed by atoms with Crippen LogP contribution >= 0.6 is 11.6 Å². The predicted octanol–water partition coefficient (Wildman–Crippen LogP) is 4.32. The fourth-order valence-corrected chi connectivity index (χ4v) is 5.45. The number of aryl methyl sites for hydroxylation is 2. The lowest BCUT2D eigenvalue weighted by molar-refractivity contribution is 0.0761. The quantitative estimate of drug-likeness (QED) is 0.692. The molecule has 1 heterocycles. The minimum absolute atomic E-state index is 0.0714. The molecule has 168 valence electrons. The summed E-state index contributed by atoms with van der Waals surface area (Å²) >= 11 is 6.10. The van der Waals surface area contributed by atoms with Crippen molar-refractivity contribution in [3.63, 3.8) is 0 Å². The van der Waals surface area contributed by atoms with Gasteiger partial charge in [-0.15, -0.1) is 0 Å². The van der Waals surface area contributed by atoms with Crippen LogP contribution in [0.25, 0.3) is 0 Å². The minimum atomic E-state index is -3.81. The van der Waals surface area contributed by atoms with Gasteiger partial charge in [0.25, 0.3) is 15.9 Å². The minimum Gasteiger partial charge on any atom is -0.337 e. The Morgan fingerprint density at radius 3 is 2.58 bits per heavy atom. The summed E-state index contributed by atoms with van der Waals surface area (Å²) in [6.07, 6.45) is 2.04. The normalized spacial score (nSPS) is 15.5. The number of rotatable bonds is 6. The molecule has 1 N–H and O–H groups in total. The average molecular weight is 464 g/mol. The van der Waals surface area contributed by atoms with Gasteiger partial charge in [0.15, 0.2) is 0 Å². The number of nitrogens with zero attached hydrogens (tertiary/aromatic N) is 2. The van der Waals surface area contributed by atoms with Crippen molar-refractivity contribution >= 4 is 33.2 Å². The Bertz CT molecular complexity index is 1060. The number of anilines is 1. The van der Waals surface area contributed by atoms with E-state index in [9.17, 15) is 13.2 Å². The molecule has 2 aromatic carbocycles. The van der Waals surface area contributed by atoms with Gasteiger partial charge in [0, 0.05) is 35.9 Å². The third-order valence-corrected chi connectivity index (χ3v) is 7.45. The molecule has 0 aliphatic carbocycles. The maximum atomic E-state index is 13.1. The molecule has 0 radical (unpaired) electrons. The van der Waals surface area contributed by atoms with Crippen LogP contribution in [0.4, 0.5) is 5.69 Å². The second-order valence-electron chi connectivity index (χ2n) is 8.04. The van der Waals surface area contributed by atoms with Crippen LogP contribution in [0, 0.1) is 13.8 Å². The number of amides is 1. The monoisotopic (exact) mass is 463 g/mol. The highest BCUT2D eigenvalue weighted by atomic mass is 35.5. The van der Waals surface area contributed by atoms with Crippen molar-refractivity contribution in [3.8, 4) is 0 Å². The average Bonchev–Trinajstić information content (AvgIpc) is 2.96. The summed E-state index contributed by atoms with van der Waals surface area (Å²) in [7, 11) is -3.81. The highest BCUT2D eigenvalue weighted by Gasteiger charge is 2.22. The van der Waals surface area contributed by atoms with Gasteiger partial charge in [0.1, 0.15) is 0 Å². The molecule has 0 saturated carbocycles. The van der Waals surface area contributed by atoms with E-state index >= 15 is 0 Å². The molecule has 1 amide bonds. The summed E-state index contributed by atoms with van der Waals surface area (Å²) in [5.41, 5.74) is 2.10. The fourth-order valence-electron chi connectivity index (χ4n) is 3.87. The van der Waals surface area contributed by atoms with Crippen molar-refractivity contribution in [1.82, 2.24) is 9.80 Å². The van der Waals surface area contributed by atoms with Gasteiger partial charge in [-0.05, 0) is 81.2 Å². The lowest BCUT2D eigenvalue weighted by atomic mass is 10.1. The number of hydrogen-bond donors (Lipinski definition) is 1. The molecule has 2 aromatic rings. The van der Waals surface area contributed by atoms with Gasteiger partial charge < -0.3 is 9.80 Å². The number of carbonyl (C=O) groups excluding carboxylic acids is 1. The molecular weight excluding hydrogens is 434 g/mol. The molecule has 6 nitrogen and oxygen atoms in total. The molecule has 31 heavy (non-hydrogen) atoms. The standard InChI is InChI=1S/C23H30ClN3O3S/c1-4-9-26-10-6-11-27(13-12-26)23(28)19-7-5-8-20(16-19)25-31(29,30)22-15-17(2)21(24)14-18(22)3/h5,7-8,14-16,25H,4,6,9-13H2,1-3H3. The van der Waals surface area contributed by atoms with Crippen LogP contribution in [-0.4, -0.2) is 56.8 Å². The molecule has 0 bridgehead atoms. The Labute approximate surface area is 190 Å². The topological polar surface area (TPSA) is 69.7 Å². The maximum absolute atomic E-state index is 13.1. The van der Waals surface area contributed by atoms with Crippen molar-refractivity contribution in [2.75, 3.05) is 37.4 Å². The molecular formula is C23H30ClN3O3S. The largest absolute Gasteiger partial charge is 0.337 e. The SMILES string of the molecule is CCCN1CCCN(C(=O)c2cccc(NS(=O)(=O)c3cc(C)c(Cl)cc3C)c2)CC1. The Balaban J connectivity index is 1.77. The zero-order chi connectivity index (χ0) is 22.6. The molecule has 0 spiro atoms. The summed E-state index contributed by atoms with van der Waals surface area (Å²) in [4.78, 5) is 17.5. The van der Waals surface area contributed by atoms with Crippen molar-refractivity contribution in [2.24, 2.45) is 0 Å². The summed E-state index contributed by atoms with van der Waals surface area (Å²) in [6, 6.07) is 9.89. The van der Waals surface area contributed by atoms with E-state index in [1.807, 2.05) is 4.90 Å². The van der Waals surface area contributed by atoms with Gasteiger partial charge >= 0.3 is 0 Å². The first-order chi connectivity index (χ1) is 14.7. The van der Waals surface area contributed by atoms with Gasteiger partial charge in [-0.25, -0.2) is 8.42 Å². The number of nitrogens with one attached hydrogen (secondary N) is 1. The van der Waals surface area contributed by atoms with E-state index in [1.54, 1.807) is 50.2 Å². The second-order valence-corrected chi connectivity index (χ2v) is 10.1. The van der Waals surface area contributed by atoms with E-state index in [1.165, 1.54) is 0 Å². The molecule has 0 atom stereocenters. The van der Waals surface area contributed by atoms with E-state index < -0.39 is 10.0 Å². The zero-order valence-electron chi connectivity index (χ0n) is 18.3. The van der Waals surface area contributed by atoms with Crippen LogP contribution in [0.3, 0.4) is 0 Å². The van der Waals surface area contributed by atoms with Crippen LogP contribution in [0.15, 0.2) is 41.3 Å².